The average Bonchev–Trinajstić information content (AvgIpc) is 2.40. The zero-order valence-corrected chi connectivity index (χ0v) is 13.2. The van der Waals surface area contributed by atoms with E-state index in [2.05, 4.69) is 13.8 Å². The maximum Gasteiger partial charge on any atom is 0.136 e. The molecule has 0 rings (SSSR count). The third kappa shape index (κ3) is 10.9. The predicted octanol–water partition coefficient (Wildman–Crippen LogP) is 5.09. The van der Waals surface area contributed by atoms with Gasteiger partial charge in [0.2, 0.25) is 0 Å². The lowest BCUT2D eigenvalue weighted by molar-refractivity contribution is -0.127. The molecular formula is C17H32O2. The first kappa shape index (κ1) is 18.3. The van der Waals surface area contributed by atoms with Crippen LogP contribution in [0.15, 0.2) is 0 Å². The summed E-state index contributed by atoms with van der Waals surface area (Å²) in [5.41, 5.74) is 0. The molecule has 0 aliphatic carbocycles. The number of hydrogen-bond donors (Lipinski definition) is 0. The van der Waals surface area contributed by atoms with Gasteiger partial charge < -0.3 is 0 Å². The topological polar surface area (TPSA) is 34.1 Å². The first-order valence-corrected chi connectivity index (χ1v) is 8.16. The fraction of sp³-hybridized carbons (Fsp3) is 0.882. The van der Waals surface area contributed by atoms with Gasteiger partial charge in [-0.3, -0.25) is 9.59 Å². The van der Waals surface area contributed by atoms with E-state index in [0.29, 0.717) is 19.3 Å². The van der Waals surface area contributed by atoms with Gasteiger partial charge in [0, 0.05) is 25.2 Å². The highest BCUT2D eigenvalue weighted by molar-refractivity contribution is 5.87. The number of carbonyl (C=O) groups excluding carboxylic acids is 2. The van der Waals surface area contributed by atoms with Crippen LogP contribution in [0.25, 0.3) is 0 Å². The number of rotatable bonds is 13. The molecule has 0 amide bonds. The number of hydrogen-bond acceptors (Lipinski definition) is 2. The Labute approximate surface area is 119 Å². The molecule has 2 heteroatoms. The van der Waals surface area contributed by atoms with Crippen LogP contribution in [0.2, 0.25) is 0 Å². The molecule has 0 aromatic heterocycles. The van der Waals surface area contributed by atoms with Crippen LogP contribution in [-0.2, 0) is 9.59 Å². The number of carbonyl (C=O) groups is 2. The zero-order valence-electron chi connectivity index (χ0n) is 13.2. The molecule has 1 unspecified atom stereocenters. The van der Waals surface area contributed by atoms with E-state index in [0.717, 1.165) is 25.7 Å². The Kier molecular flexibility index (Phi) is 11.9. The molecule has 0 aromatic rings. The highest BCUT2D eigenvalue weighted by Crippen LogP contribution is 2.14. The predicted molar refractivity (Wildman–Crippen MR) is 81.3 cm³/mol. The van der Waals surface area contributed by atoms with Gasteiger partial charge in [0.15, 0.2) is 0 Å². The molecule has 0 N–H and O–H groups in total. The van der Waals surface area contributed by atoms with E-state index in [1.54, 1.807) is 0 Å². The first-order valence-electron chi connectivity index (χ1n) is 8.16. The van der Waals surface area contributed by atoms with E-state index < -0.39 is 0 Å². The molecule has 0 fully saturated rings. The summed E-state index contributed by atoms with van der Waals surface area (Å²) in [5.74, 6) is 0.464. The van der Waals surface area contributed by atoms with Gasteiger partial charge in [0.05, 0.1) is 0 Å². The highest BCUT2D eigenvalue weighted by atomic mass is 16.1. The smallest absolute Gasteiger partial charge is 0.136 e. The van der Waals surface area contributed by atoms with Crippen molar-refractivity contribution in [3.05, 3.63) is 0 Å². The molecule has 0 heterocycles. The van der Waals surface area contributed by atoms with E-state index >= 15 is 0 Å². The minimum absolute atomic E-state index is 0.0694. The molecule has 0 aliphatic rings. The largest absolute Gasteiger partial charge is 0.300 e. The number of unbranched alkanes of at least 4 members (excludes halogenated alkanes) is 6. The summed E-state index contributed by atoms with van der Waals surface area (Å²) in [6.07, 6.45) is 11.0. The van der Waals surface area contributed by atoms with Crippen molar-refractivity contribution in [1.29, 1.82) is 0 Å². The SMILES string of the molecule is CCCCCCCCC(=O)C(C)CC(=O)CCCC. The molecule has 19 heavy (non-hydrogen) atoms. The van der Waals surface area contributed by atoms with Crippen LogP contribution in [0.3, 0.4) is 0 Å². The van der Waals surface area contributed by atoms with Gasteiger partial charge in [-0.25, -0.2) is 0 Å². The second-order valence-electron chi connectivity index (χ2n) is 5.73. The summed E-state index contributed by atoms with van der Waals surface area (Å²) in [4.78, 5) is 23.5. The molecule has 1 atom stereocenters. The third-order valence-corrected chi connectivity index (χ3v) is 3.67. The molecule has 112 valence electrons. The summed E-state index contributed by atoms with van der Waals surface area (Å²) >= 11 is 0. The van der Waals surface area contributed by atoms with Crippen molar-refractivity contribution < 1.29 is 9.59 Å². The summed E-state index contributed by atoms with van der Waals surface area (Å²) in [6, 6.07) is 0. The normalized spacial score (nSPS) is 12.4. The fourth-order valence-corrected chi connectivity index (χ4v) is 2.26. The standard InChI is InChI=1S/C17H32O2/c1-4-6-8-9-10-11-13-17(19)15(3)14-16(18)12-7-5-2/h15H,4-14H2,1-3H3. The molecule has 0 radical (unpaired) electrons. The van der Waals surface area contributed by atoms with Gasteiger partial charge in [-0.15, -0.1) is 0 Å². The van der Waals surface area contributed by atoms with Crippen LogP contribution in [0.4, 0.5) is 0 Å². The van der Waals surface area contributed by atoms with Crippen LogP contribution in [0.1, 0.15) is 91.4 Å². The molecule has 0 spiro atoms. The van der Waals surface area contributed by atoms with Crippen molar-refractivity contribution >= 4 is 11.6 Å². The first-order chi connectivity index (χ1) is 9.11. The Morgan fingerprint density at radius 1 is 0.789 bits per heavy atom. The maximum atomic E-state index is 11.9. The molecule has 2 nitrogen and oxygen atoms in total. The third-order valence-electron chi connectivity index (χ3n) is 3.67. The van der Waals surface area contributed by atoms with Gasteiger partial charge >= 0.3 is 0 Å². The van der Waals surface area contributed by atoms with Gasteiger partial charge in [-0.05, 0) is 12.8 Å². The number of ketones is 2. The average molecular weight is 268 g/mol. The van der Waals surface area contributed by atoms with Gasteiger partial charge in [-0.1, -0.05) is 59.3 Å². The second-order valence-corrected chi connectivity index (χ2v) is 5.73. The Morgan fingerprint density at radius 2 is 1.37 bits per heavy atom. The van der Waals surface area contributed by atoms with Gasteiger partial charge in [0.25, 0.3) is 0 Å². The Hall–Kier alpha value is -0.660. The molecule has 0 saturated carbocycles. The van der Waals surface area contributed by atoms with Crippen molar-refractivity contribution in [2.75, 3.05) is 0 Å². The van der Waals surface area contributed by atoms with Crippen LogP contribution >= 0.6 is 0 Å². The van der Waals surface area contributed by atoms with Crippen molar-refractivity contribution in [2.24, 2.45) is 5.92 Å². The fourth-order valence-electron chi connectivity index (χ4n) is 2.26. The Bertz CT molecular complexity index is 246. The van der Waals surface area contributed by atoms with E-state index in [1.165, 1.54) is 25.7 Å². The molecule has 0 aromatic carbocycles. The quantitative estimate of drug-likeness (QED) is 0.436. The summed E-state index contributed by atoms with van der Waals surface area (Å²) in [5, 5.41) is 0. The second kappa shape index (κ2) is 12.4. The van der Waals surface area contributed by atoms with E-state index in [1.807, 2.05) is 6.92 Å². The van der Waals surface area contributed by atoms with Gasteiger partial charge in [0.1, 0.15) is 11.6 Å². The molecule has 0 bridgehead atoms. The molecule has 0 saturated heterocycles. The lowest BCUT2D eigenvalue weighted by atomic mass is 9.94. The summed E-state index contributed by atoms with van der Waals surface area (Å²) in [6.45, 7) is 6.20. The van der Waals surface area contributed by atoms with E-state index in [-0.39, 0.29) is 17.5 Å². The Morgan fingerprint density at radius 3 is 2.00 bits per heavy atom. The maximum absolute atomic E-state index is 11.9. The lowest BCUT2D eigenvalue weighted by Crippen LogP contribution is -2.15. The van der Waals surface area contributed by atoms with Crippen LogP contribution in [-0.4, -0.2) is 11.6 Å². The highest BCUT2D eigenvalue weighted by Gasteiger charge is 2.15. The Balaban J connectivity index is 3.61. The van der Waals surface area contributed by atoms with Gasteiger partial charge in [-0.2, -0.15) is 0 Å². The minimum atomic E-state index is -0.0694. The van der Waals surface area contributed by atoms with Crippen LogP contribution in [0.5, 0.6) is 0 Å². The zero-order chi connectivity index (χ0) is 14.5. The van der Waals surface area contributed by atoms with Crippen molar-refractivity contribution in [3.63, 3.8) is 0 Å². The summed E-state index contributed by atoms with van der Waals surface area (Å²) in [7, 11) is 0. The monoisotopic (exact) mass is 268 g/mol. The molecular weight excluding hydrogens is 236 g/mol. The van der Waals surface area contributed by atoms with Crippen LogP contribution in [0, 0.1) is 5.92 Å². The molecule has 0 aliphatic heterocycles. The van der Waals surface area contributed by atoms with E-state index in [4.69, 9.17) is 0 Å². The van der Waals surface area contributed by atoms with Crippen LogP contribution < -0.4 is 0 Å². The van der Waals surface area contributed by atoms with Crippen molar-refractivity contribution in [3.8, 4) is 0 Å². The number of Topliss-reactive ketones (excluding diaryl/α,β-unsaturated/α-hetero) is 2. The lowest BCUT2D eigenvalue weighted by Gasteiger charge is -2.09. The summed E-state index contributed by atoms with van der Waals surface area (Å²) < 4.78 is 0. The van der Waals surface area contributed by atoms with E-state index in [9.17, 15) is 9.59 Å². The minimum Gasteiger partial charge on any atom is -0.300 e. The van der Waals surface area contributed by atoms with Crippen molar-refractivity contribution in [2.45, 2.75) is 91.4 Å². The van der Waals surface area contributed by atoms with Crippen molar-refractivity contribution in [1.82, 2.24) is 0 Å².